The van der Waals surface area contributed by atoms with Crippen LogP contribution in [0.5, 0.6) is 0 Å². The van der Waals surface area contributed by atoms with E-state index in [0.717, 1.165) is 24.4 Å². The predicted molar refractivity (Wildman–Crippen MR) is 78.8 cm³/mol. The van der Waals surface area contributed by atoms with E-state index in [4.69, 9.17) is 4.52 Å². The maximum atomic E-state index is 5.18. The summed E-state index contributed by atoms with van der Waals surface area (Å²) in [5.74, 6) is 1.32. The van der Waals surface area contributed by atoms with Gasteiger partial charge in [0.2, 0.25) is 5.89 Å². The molecule has 0 aromatic carbocycles. The van der Waals surface area contributed by atoms with Crippen molar-refractivity contribution in [2.75, 3.05) is 6.54 Å². The molecule has 0 aliphatic heterocycles. The van der Waals surface area contributed by atoms with Crippen molar-refractivity contribution in [2.24, 2.45) is 0 Å². The Morgan fingerprint density at radius 3 is 2.71 bits per heavy atom. The van der Waals surface area contributed by atoms with E-state index in [-0.39, 0.29) is 0 Å². The number of nitrogens with zero attached hydrogens (tertiary/aromatic N) is 5. The highest BCUT2D eigenvalue weighted by atomic mass is 16.5. The number of pyridine rings is 1. The summed E-state index contributed by atoms with van der Waals surface area (Å²) in [6.07, 6.45) is 4.16. The normalized spacial score (nSPS) is 11.6. The van der Waals surface area contributed by atoms with Crippen LogP contribution in [0.4, 0.5) is 0 Å². The first-order valence-electron chi connectivity index (χ1n) is 7.10. The molecule has 0 fully saturated rings. The van der Waals surface area contributed by atoms with Gasteiger partial charge in [-0.15, -0.1) is 0 Å². The van der Waals surface area contributed by atoms with Gasteiger partial charge >= 0.3 is 0 Å². The van der Waals surface area contributed by atoms with Crippen molar-refractivity contribution in [3.8, 4) is 0 Å². The number of fused-ring (bicyclic) bond motifs is 1. The fraction of sp³-hybridized carbons (Fsp3) is 0.400. The molecule has 0 aliphatic rings. The van der Waals surface area contributed by atoms with Gasteiger partial charge in [0.05, 0.1) is 12.2 Å². The van der Waals surface area contributed by atoms with Crippen LogP contribution >= 0.6 is 0 Å². The molecule has 6 nitrogen and oxygen atoms in total. The van der Waals surface area contributed by atoms with Gasteiger partial charge in [0.15, 0.2) is 5.82 Å². The maximum Gasteiger partial charge on any atom is 0.240 e. The van der Waals surface area contributed by atoms with E-state index in [2.05, 4.69) is 56.7 Å². The van der Waals surface area contributed by atoms with Crippen LogP contribution in [0, 0.1) is 13.8 Å². The number of hydrogen-bond acceptors (Lipinski definition) is 5. The van der Waals surface area contributed by atoms with Gasteiger partial charge in [-0.2, -0.15) is 4.98 Å². The highest BCUT2D eigenvalue weighted by Gasteiger charge is 2.12. The zero-order chi connectivity index (χ0) is 14.8. The molecular weight excluding hydrogens is 266 g/mol. The van der Waals surface area contributed by atoms with Gasteiger partial charge in [0.25, 0.3) is 0 Å². The Labute approximate surface area is 123 Å². The average molecular weight is 285 g/mol. The molecule has 0 spiro atoms. The average Bonchev–Trinajstić information content (AvgIpc) is 3.03. The zero-order valence-electron chi connectivity index (χ0n) is 12.6. The third kappa shape index (κ3) is 3.11. The molecule has 0 saturated heterocycles. The van der Waals surface area contributed by atoms with Crippen molar-refractivity contribution in [3.63, 3.8) is 0 Å². The van der Waals surface area contributed by atoms with Crippen LogP contribution in [0.1, 0.15) is 29.9 Å². The molecular formula is C15H19N5O. The topological polar surface area (TPSA) is 59.5 Å². The third-order valence-corrected chi connectivity index (χ3v) is 3.41. The van der Waals surface area contributed by atoms with E-state index < -0.39 is 0 Å². The first-order chi connectivity index (χ1) is 10.1. The Bertz CT molecular complexity index is 745. The minimum atomic E-state index is 0.643. The summed E-state index contributed by atoms with van der Waals surface area (Å²) in [4.78, 5) is 11.1. The monoisotopic (exact) mass is 285 g/mol. The van der Waals surface area contributed by atoms with Crippen molar-refractivity contribution in [1.82, 2.24) is 24.4 Å². The summed E-state index contributed by atoms with van der Waals surface area (Å²) in [7, 11) is 0. The summed E-state index contributed by atoms with van der Waals surface area (Å²) in [5, 5.41) is 3.82. The van der Waals surface area contributed by atoms with Crippen LogP contribution in [0.25, 0.3) is 5.65 Å². The molecule has 3 aromatic rings. The molecule has 3 heterocycles. The van der Waals surface area contributed by atoms with Crippen molar-refractivity contribution in [3.05, 3.63) is 47.5 Å². The van der Waals surface area contributed by atoms with E-state index in [1.807, 2.05) is 13.0 Å². The Morgan fingerprint density at radius 2 is 2.00 bits per heavy atom. The van der Waals surface area contributed by atoms with Gasteiger partial charge < -0.3 is 8.92 Å². The molecule has 110 valence electrons. The molecule has 0 aliphatic carbocycles. The van der Waals surface area contributed by atoms with Crippen molar-refractivity contribution in [1.29, 1.82) is 0 Å². The van der Waals surface area contributed by atoms with Crippen molar-refractivity contribution < 1.29 is 4.52 Å². The molecule has 0 amide bonds. The molecule has 6 heteroatoms. The van der Waals surface area contributed by atoms with Crippen molar-refractivity contribution >= 4 is 5.65 Å². The molecule has 0 unspecified atom stereocenters. The third-order valence-electron chi connectivity index (χ3n) is 3.41. The number of rotatable bonds is 5. The van der Waals surface area contributed by atoms with Crippen LogP contribution in [-0.2, 0) is 13.1 Å². The summed E-state index contributed by atoms with van der Waals surface area (Å²) in [6, 6.07) is 4.11. The lowest BCUT2D eigenvalue weighted by Crippen LogP contribution is -2.22. The predicted octanol–water partition coefficient (Wildman–Crippen LogP) is 2.36. The summed E-state index contributed by atoms with van der Waals surface area (Å²) in [5.41, 5.74) is 3.24. The van der Waals surface area contributed by atoms with E-state index in [1.54, 1.807) is 0 Å². The van der Waals surface area contributed by atoms with Crippen LogP contribution in [0.3, 0.4) is 0 Å². The number of hydrogen-bond donors (Lipinski definition) is 0. The lowest BCUT2D eigenvalue weighted by Gasteiger charge is -2.16. The van der Waals surface area contributed by atoms with Gasteiger partial charge in [-0.25, -0.2) is 4.98 Å². The Hall–Kier alpha value is -2.21. The summed E-state index contributed by atoms with van der Waals surface area (Å²) < 4.78 is 7.25. The minimum Gasteiger partial charge on any atom is -0.338 e. The smallest absolute Gasteiger partial charge is 0.240 e. The van der Waals surface area contributed by atoms with E-state index in [0.29, 0.717) is 18.3 Å². The molecule has 0 N–H and O–H groups in total. The van der Waals surface area contributed by atoms with Crippen molar-refractivity contribution in [2.45, 2.75) is 33.9 Å². The van der Waals surface area contributed by atoms with E-state index in [1.165, 1.54) is 5.56 Å². The number of aromatic nitrogens is 4. The second-order valence-corrected chi connectivity index (χ2v) is 5.24. The fourth-order valence-electron chi connectivity index (χ4n) is 2.34. The second-order valence-electron chi connectivity index (χ2n) is 5.24. The van der Waals surface area contributed by atoms with E-state index >= 15 is 0 Å². The van der Waals surface area contributed by atoms with Gasteiger partial charge in [-0.1, -0.05) is 18.1 Å². The molecule has 0 saturated carbocycles. The Morgan fingerprint density at radius 1 is 1.14 bits per heavy atom. The van der Waals surface area contributed by atoms with Gasteiger partial charge in [0, 0.05) is 18.9 Å². The van der Waals surface area contributed by atoms with Gasteiger partial charge in [0.1, 0.15) is 5.65 Å². The number of imidazole rings is 1. The molecule has 0 radical (unpaired) electrons. The SMILES string of the molecule is CCN(Cc1cn2cc(C)ccc2n1)Cc1nc(C)no1. The molecule has 3 rings (SSSR count). The molecule has 0 atom stereocenters. The lowest BCUT2D eigenvalue weighted by atomic mass is 10.3. The quantitative estimate of drug-likeness (QED) is 0.720. The minimum absolute atomic E-state index is 0.643. The Balaban J connectivity index is 1.75. The maximum absolute atomic E-state index is 5.18. The molecule has 21 heavy (non-hydrogen) atoms. The van der Waals surface area contributed by atoms with Crippen LogP contribution < -0.4 is 0 Å². The fourth-order valence-corrected chi connectivity index (χ4v) is 2.34. The number of aryl methyl sites for hydroxylation is 2. The largest absolute Gasteiger partial charge is 0.338 e. The summed E-state index contributed by atoms with van der Waals surface area (Å²) in [6.45, 7) is 8.32. The summed E-state index contributed by atoms with van der Waals surface area (Å²) >= 11 is 0. The first kappa shape index (κ1) is 13.8. The molecule has 0 bridgehead atoms. The van der Waals surface area contributed by atoms with E-state index in [9.17, 15) is 0 Å². The highest BCUT2D eigenvalue weighted by Crippen LogP contribution is 2.11. The second kappa shape index (κ2) is 5.65. The zero-order valence-corrected chi connectivity index (χ0v) is 12.6. The van der Waals surface area contributed by atoms with Crippen LogP contribution in [0.15, 0.2) is 29.0 Å². The Kier molecular flexibility index (Phi) is 3.70. The highest BCUT2D eigenvalue weighted by molar-refractivity contribution is 5.41. The lowest BCUT2D eigenvalue weighted by molar-refractivity contribution is 0.227. The standard InChI is InChI=1S/C15H19N5O/c1-4-19(10-15-16-12(3)18-21-15)8-13-9-20-7-11(2)5-6-14(20)17-13/h5-7,9H,4,8,10H2,1-3H3. The van der Waals surface area contributed by atoms with Crippen LogP contribution in [0.2, 0.25) is 0 Å². The van der Waals surface area contributed by atoms with Crippen LogP contribution in [-0.4, -0.2) is 31.0 Å². The first-order valence-corrected chi connectivity index (χ1v) is 7.10. The molecule has 3 aromatic heterocycles. The van der Waals surface area contributed by atoms with Gasteiger partial charge in [-0.05, 0) is 32.0 Å². The van der Waals surface area contributed by atoms with Gasteiger partial charge in [-0.3, -0.25) is 4.90 Å².